The van der Waals surface area contributed by atoms with E-state index < -0.39 is 0 Å². The van der Waals surface area contributed by atoms with Gasteiger partial charge in [0.05, 0.1) is 6.61 Å². The molecule has 0 saturated carbocycles. The molecule has 0 aliphatic rings. The van der Waals surface area contributed by atoms with E-state index in [4.69, 9.17) is 5.11 Å². The third-order valence-electron chi connectivity index (χ3n) is 1.88. The first-order valence-electron chi connectivity index (χ1n) is 4.24. The summed E-state index contributed by atoms with van der Waals surface area (Å²) in [5, 5.41) is 8.72. The fourth-order valence-corrected chi connectivity index (χ4v) is 1.01. The van der Waals surface area contributed by atoms with Crippen LogP contribution in [0.5, 0.6) is 0 Å². The molecule has 0 amide bonds. The molecule has 1 aromatic rings. The Bertz CT molecular complexity index is 305. The summed E-state index contributed by atoms with van der Waals surface area (Å²) < 4.78 is 13.1. The van der Waals surface area contributed by atoms with Crippen molar-refractivity contribution in [3.63, 3.8) is 0 Å². The van der Waals surface area contributed by atoms with Crippen molar-refractivity contribution in [2.75, 3.05) is 6.61 Å². The molecule has 0 radical (unpaired) electrons. The van der Waals surface area contributed by atoms with Gasteiger partial charge in [-0.05, 0) is 25.0 Å². The molecule has 1 rings (SSSR count). The van der Waals surface area contributed by atoms with E-state index in [2.05, 4.69) is 0 Å². The molecule has 1 aromatic carbocycles. The molecule has 2 heteroatoms. The molecule has 70 valence electrons. The van der Waals surface area contributed by atoms with Crippen LogP contribution >= 0.6 is 0 Å². The van der Waals surface area contributed by atoms with Crippen LogP contribution in [0.4, 0.5) is 4.39 Å². The Balaban J connectivity index is 2.70. The number of aliphatic hydroxyl groups is 1. The van der Waals surface area contributed by atoms with Gasteiger partial charge in [-0.15, -0.1) is 0 Å². The zero-order valence-electron chi connectivity index (χ0n) is 7.63. The lowest BCUT2D eigenvalue weighted by Gasteiger charge is -1.99. The first-order chi connectivity index (χ1) is 6.24. The molecule has 1 N–H and O–H groups in total. The highest BCUT2D eigenvalue weighted by atomic mass is 19.1. The summed E-state index contributed by atoms with van der Waals surface area (Å²) in [5.41, 5.74) is 1.53. The molecule has 0 heterocycles. The van der Waals surface area contributed by atoms with Crippen LogP contribution in [-0.4, -0.2) is 11.7 Å². The molecule has 1 nitrogen and oxygen atoms in total. The number of benzene rings is 1. The molecule has 0 aliphatic heterocycles. The Morgan fingerprint density at radius 1 is 1.46 bits per heavy atom. The fourth-order valence-electron chi connectivity index (χ4n) is 1.01. The topological polar surface area (TPSA) is 20.2 Å². The molecule has 0 aliphatic carbocycles. The molecule has 0 aromatic heterocycles. The smallest absolute Gasteiger partial charge is 0.126 e. The van der Waals surface area contributed by atoms with Crippen LogP contribution in [0.15, 0.2) is 35.9 Å². The van der Waals surface area contributed by atoms with Crippen LogP contribution in [0.3, 0.4) is 0 Å². The zero-order valence-corrected chi connectivity index (χ0v) is 7.63. The van der Waals surface area contributed by atoms with Crippen LogP contribution in [0.25, 0.3) is 0 Å². The minimum absolute atomic E-state index is 0.0362. The molecule has 13 heavy (non-hydrogen) atoms. The molecular formula is C11H13FO. The Hall–Kier alpha value is -1.15. The number of hydrogen-bond acceptors (Lipinski definition) is 1. The number of halogens is 1. The Labute approximate surface area is 77.5 Å². The van der Waals surface area contributed by atoms with Crippen molar-refractivity contribution in [2.45, 2.75) is 13.3 Å². The van der Waals surface area contributed by atoms with Gasteiger partial charge in [0.15, 0.2) is 0 Å². The minimum atomic E-state index is -0.190. The maximum Gasteiger partial charge on any atom is 0.126 e. The van der Waals surface area contributed by atoms with Crippen molar-refractivity contribution in [3.05, 3.63) is 47.3 Å². The second-order valence-corrected chi connectivity index (χ2v) is 3.00. The lowest BCUT2D eigenvalue weighted by Crippen LogP contribution is -1.90. The molecule has 0 unspecified atom stereocenters. The van der Waals surface area contributed by atoms with Gasteiger partial charge < -0.3 is 5.11 Å². The SMILES string of the molecule is C/C(=C/Cc1ccccc1F)CO. The van der Waals surface area contributed by atoms with Crippen molar-refractivity contribution in [1.29, 1.82) is 0 Å². The number of allylic oxidation sites excluding steroid dienone is 1. The third kappa shape index (κ3) is 2.99. The van der Waals surface area contributed by atoms with Crippen LogP contribution in [0, 0.1) is 5.82 Å². The second kappa shape index (κ2) is 4.77. The minimum Gasteiger partial charge on any atom is -0.392 e. The highest BCUT2D eigenvalue weighted by Gasteiger charge is 1.97. The van der Waals surface area contributed by atoms with Crippen LogP contribution in [0.1, 0.15) is 12.5 Å². The summed E-state index contributed by atoms with van der Waals surface area (Å²) in [6.07, 6.45) is 2.37. The van der Waals surface area contributed by atoms with E-state index in [1.807, 2.05) is 13.0 Å². The monoisotopic (exact) mass is 180 g/mol. The average molecular weight is 180 g/mol. The summed E-state index contributed by atoms with van der Waals surface area (Å²) in [7, 11) is 0. The standard InChI is InChI=1S/C11H13FO/c1-9(8-13)6-7-10-4-2-3-5-11(10)12/h2-6,13H,7-8H2,1H3/b9-6-. The van der Waals surface area contributed by atoms with E-state index in [1.165, 1.54) is 6.07 Å². The highest BCUT2D eigenvalue weighted by Crippen LogP contribution is 2.08. The summed E-state index contributed by atoms with van der Waals surface area (Å²) in [6, 6.07) is 6.66. The first-order valence-corrected chi connectivity index (χ1v) is 4.24. The van der Waals surface area contributed by atoms with E-state index in [9.17, 15) is 4.39 Å². The van der Waals surface area contributed by atoms with Gasteiger partial charge >= 0.3 is 0 Å². The largest absolute Gasteiger partial charge is 0.392 e. The van der Waals surface area contributed by atoms with Crippen molar-refractivity contribution < 1.29 is 9.50 Å². The van der Waals surface area contributed by atoms with Gasteiger partial charge in [-0.3, -0.25) is 0 Å². The van der Waals surface area contributed by atoms with Gasteiger partial charge in [0.1, 0.15) is 5.82 Å². The normalized spacial score (nSPS) is 11.8. The number of rotatable bonds is 3. The Morgan fingerprint density at radius 2 is 2.15 bits per heavy atom. The average Bonchev–Trinajstić information content (AvgIpc) is 2.16. The van der Waals surface area contributed by atoms with Crippen LogP contribution < -0.4 is 0 Å². The second-order valence-electron chi connectivity index (χ2n) is 3.00. The van der Waals surface area contributed by atoms with E-state index in [-0.39, 0.29) is 12.4 Å². The lowest BCUT2D eigenvalue weighted by atomic mass is 10.1. The van der Waals surface area contributed by atoms with Gasteiger partial charge in [0.25, 0.3) is 0 Å². The zero-order chi connectivity index (χ0) is 9.68. The van der Waals surface area contributed by atoms with E-state index in [1.54, 1.807) is 18.2 Å². The van der Waals surface area contributed by atoms with Crippen LogP contribution in [-0.2, 0) is 6.42 Å². The summed E-state index contributed by atoms with van der Waals surface area (Å²) in [5.74, 6) is -0.190. The van der Waals surface area contributed by atoms with Gasteiger partial charge in [-0.1, -0.05) is 29.8 Å². The van der Waals surface area contributed by atoms with Crippen molar-refractivity contribution in [2.24, 2.45) is 0 Å². The van der Waals surface area contributed by atoms with Gasteiger partial charge in [0.2, 0.25) is 0 Å². The first kappa shape index (κ1) is 9.93. The van der Waals surface area contributed by atoms with Crippen LogP contribution in [0.2, 0.25) is 0 Å². The predicted molar refractivity (Wildman–Crippen MR) is 50.9 cm³/mol. The van der Waals surface area contributed by atoms with E-state index >= 15 is 0 Å². The molecule has 0 saturated heterocycles. The summed E-state index contributed by atoms with van der Waals surface area (Å²) in [6.45, 7) is 1.86. The highest BCUT2D eigenvalue weighted by molar-refractivity contribution is 5.20. The third-order valence-corrected chi connectivity index (χ3v) is 1.88. The summed E-state index contributed by atoms with van der Waals surface area (Å²) >= 11 is 0. The maximum atomic E-state index is 13.1. The molecule has 0 fully saturated rings. The quantitative estimate of drug-likeness (QED) is 0.708. The Morgan fingerprint density at radius 3 is 2.77 bits per heavy atom. The molecule has 0 spiro atoms. The molecule has 0 atom stereocenters. The van der Waals surface area contributed by atoms with Gasteiger partial charge in [0, 0.05) is 0 Å². The fraction of sp³-hybridized carbons (Fsp3) is 0.273. The number of hydrogen-bond donors (Lipinski definition) is 1. The molecule has 0 bridgehead atoms. The van der Waals surface area contributed by atoms with Gasteiger partial charge in [-0.25, -0.2) is 4.39 Å². The van der Waals surface area contributed by atoms with Crippen molar-refractivity contribution in [1.82, 2.24) is 0 Å². The predicted octanol–water partition coefficient (Wildman–Crippen LogP) is 2.31. The van der Waals surface area contributed by atoms with Crippen molar-refractivity contribution in [3.8, 4) is 0 Å². The van der Waals surface area contributed by atoms with E-state index in [0.717, 1.165) is 5.57 Å². The molecular weight excluding hydrogens is 167 g/mol. The lowest BCUT2D eigenvalue weighted by molar-refractivity contribution is 0.331. The number of aliphatic hydroxyl groups excluding tert-OH is 1. The maximum absolute atomic E-state index is 13.1. The van der Waals surface area contributed by atoms with Gasteiger partial charge in [-0.2, -0.15) is 0 Å². The van der Waals surface area contributed by atoms with E-state index in [0.29, 0.717) is 12.0 Å². The summed E-state index contributed by atoms with van der Waals surface area (Å²) in [4.78, 5) is 0. The van der Waals surface area contributed by atoms with Crippen molar-refractivity contribution >= 4 is 0 Å². The Kier molecular flexibility index (Phi) is 3.65.